The summed E-state index contributed by atoms with van der Waals surface area (Å²) in [5.41, 5.74) is 11.1. The standard InChI is InChI=1S/C7H10N2O3S/c8-5-2-1-3-6(9)7(4-5)13(10,11)12/h2-4H,1,8-9H2,(H,10,11,12). The second-order valence-electron chi connectivity index (χ2n) is 2.58. The van der Waals surface area contributed by atoms with Crippen molar-refractivity contribution in [2.24, 2.45) is 11.5 Å². The van der Waals surface area contributed by atoms with Crippen LogP contribution in [0, 0.1) is 0 Å². The molecule has 5 N–H and O–H groups in total. The Morgan fingerprint density at radius 3 is 2.46 bits per heavy atom. The van der Waals surface area contributed by atoms with E-state index in [1.807, 2.05) is 0 Å². The Morgan fingerprint density at radius 2 is 1.92 bits per heavy atom. The molecule has 0 radical (unpaired) electrons. The summed E-state index contributed by atoms with van der Waals surface area (Å²) in [6.07, 6.45) is 4.66. The monoisotopic (exact) mass is 202 g/mol. The van der Waals surface area contributed by atoms with E-state index in [4.69, 9.17) is 16.0 Å². The fourth-order valence-electron chi connectivity index (χ4n) is 0.940. The first kappa shape index (κ1) is 9.82. The molecule has 0 saturated carbocycles. The molecule has 0 aliphatic heterocycles. The lowest BCUT2D eigenvalue weighted by atomic mass is 10.3. The van der Waals surface area contributed by atoms with E-state index in [1.54, 1.807) is 6.08 Å². The molecule has 0 aromatic carbocycles. The Bertz CT molecular complexity index is 403. The molecule has 0 unspecified atom stereocenters. The van der Waals surface area contributed by atoms with Crippen LogP contribution in [-0.4, -0.2) is 13.0 Å². The van der Waals surface area contributed by atoms with Crippen LogP contribution in [0.5, 0.6) is 0 Å². The minimum absolute atomic E-state index is 0.0131. The Labute approximate surface area is 76.2 Å². The van der Waals surface area contributed by atoms with Crippen molar-refractivity contribution in [3.05, 3.63) is 34.5 Å². The third kappa shape index (κ3) is 2.33. The molecule has 0 fully saturated rings. The van der Waals surface area contributed by atoms with Gasteiger partial charge in [-0.1, -0.05) is 12.2 Å². The van der Waals surface area contributed by atoms with Crippen molar-refractivity contribution in [1.82, 2.24) is 0 Å². The number of rotatable bonds is 1. The Hall–Kier alpha value is -1.27. The molecule has 0 bridgehead atoms. The second-order valence-corrected chi connectivity index (χ2v) is 3.97. The highest BCUT2D eigenvalue weighted by molar-refractivity contribution is 7.90. The van der Waals surface area contributed by atoms with Gasteiger partial charge in [-0.25, -0.2) is 0 Å². The lowest BCUT2D eigenvalue weighted by Crippen LogP contribution is -2.11. The molecular weight excluding hydrogens is 192 g/mol. The van der Waals surface area contributed by atoms with Crippen molar-refractivity contribution in [2.45, 2.75) is 6.42 Å². The van der Waals surface area contributed by atoms with Crippen LogP contribution in [0.4, 0.5) is 0 Å². The molecule has 0 heterocycles. The number of hydrogen-bond acceptors (Lipinski definition) is 4. The summed E-state index contributed by atoms with van der Waals surface area (Å²) in [7, 11) is -4.28. The molecule has 0 amide bonds. The molecule has 5 nitrogen and oxygen atoms in total. The highest BCUT2D eigenvalue weighted by Crippen LogP contribution is 2.16. The zero-order chi connectivity index (χ0) is 10.1. The van der Waals surface area contributed by atoms with E-state index in [-0.39, 0.29) is 16.3 Å². The number of hydrogen-bond donors (Lipinski definition) is 3. The third-order valence-electron chi connectivity index (χ3n) is 1.55. The van der Waals surface area contributed by atoms with Crippen LogP contribution in [-0.2, 0) is 10.1 Å². The normalized spacial score (nSPS) is 18.4. The van der Waals surface area contributed by atoms with Gasteiger partial charge in [0.1, 0.15) is 4.91 Å². The summed E-state index contributed by atoms with van der Waals surface area (Å²) in [5, 5.41) is 0. The minimum atomic E-state index is -4.28. The van der Waals surface area contributed by atoms with Crippen molar-refractivity contribution in [3.63, 3.8) is 0 Å². The Balaban J connectivity index is 3.27. The van der Waals surface area contributed by atoms with E-state index >= 15 is 0 Å². The van der Waals surface area contributed by atoms with Gasteiger partial charge in [0.05, 0.1) is 0 Å². The molecule has 1 aliphatic rings. The summed E-state index contributed by atoms with van der Waals surface area (Å²) < 4.78 is 30.3. The fourth-order valence-corrected chi connectivity index (χ4v) is 1.61. The van der Waals surface area contributed by atoms with Gasteiger partial charge in [-0.15, -0.1) is 0 Å². The molecule has 0 saturated heterocycles. The van der Waals surface area contributed by atoms with Crippen LogP contribution in [0.25, 0.3) is 0 Å². The average molecular weight is 202 g/mol. The molecule has 0 aromatic heterocycles. The van der Waals surface area contributed by atoms with Crippen LogP contribution in [0.2, 0.25) is 0 Å². The summed E-state index contributed by atoms with van der Waals surface area (Å²) in [5.74, 6) is 0. The lowest BCUT2D eigenvalue weighted by molar-refractivity contribution is 0.491. The fraction of sp³-hybridized carbons (Fsp3) is 0.143. The average Bonchev–Trinajstić information content (AvgIpc) is 2.11. The van der Waals surface area contributed by atoms with Gasteiger partial charge >= 0.3 is 0 Å². The van der Waals surface area contributed by atoms with Crippen LogP contribution >= 0.6 is 0 Å². The molecule has 6 heteroatoms. The van der Waals surface area contributed by atoms with Gasteiger partial charge in [-0.3, -0.25) is 4.55 Å². The maximum absolute atomic E-state index is 10.8. The highest BCUT2D eigenvalue weighted by Gasteiger charge is 2.17. The molecule has 13 heavy (non-hydrogen) atoms. The van der Waals surface area contributed by atoms with Crippen LogP contribution in [0.3, 0.4) is 0 Å². The van der Waals surface area contributed by atoms with Gasteiger partial charge in [0, 0.05) is 11.4 Å². The predicted octanol–water partition coefficient (Wildman–Crippen LogP) is -0.153. The SMILES string of the molecule is NC1=CCC=C(N)C(S(=O)(=O)O)=C1. The molecule has 0 spiro atoms. The van der Waals surface area contributed by atoms with Gasteiger partial charge in [-0.2, -0.15) is 8.42 Å². The highest BCUT2D eigenvalue weighted by atomic mass is 32.2. The smallest absolute Gasteiger partial charge is 0.296 e. The minimum Gasteiger partial charge on any atom is -0.399 e. The summed E-state index contributed by atoms with van der Waals surface area (Å²) in [6, 6.07) is 0. The zero-order valence-electron chi connectivity index (χ0n) is 6.77. The Morgan fingerprint density at radius 1 is 1.31 bits per heavy atom. The van der Waals surface area contributed by atoms with E-state index in [0.29, 0.717) is 6.42 Å². The van der Waals surface area contributed by atoms with Crippen molar-refractivity contribution < 1.29 is 13.0 Å². The molecule has 1 aliphatic carbocycles. The van der Waals surface area contributed by atoms with Crippen molar-refractivity contribution in [1.29, 1.82) is 0 Å². The molecular formula is C7H10N2O3S. The van der Waals surface area contributed by atoms with Crippen LogP contribution in [0.1, 0.15) is 6.42 Å². The molecule has 0 atom stereocenters. The van der Waals surface area contributed by atoms with Crippen LogP contribution < -0.4 is 11.5 Å². The molecule has 1 rings (SSSR count). The zero-order valence-corrected chi connectivity index (χ0v) is 7.58. The van der Waals surface area contributed by atoms with Crippen molar-refractivity contribution in [2.75, 3.05) is 0 Å². The predicted molar refractivity (Wildman–Crippen MR) is 48.8 cm³/mol. The van der Waals surface area contributed by atoms with E-state index in [9.17, 15) is 8.42 Å². The summed E-state index contributed by atoms with van der Waals surface area (Å²) in [6.45, 7) is 0. The van der Waals surface area contributed by atoms with E-state index < -0.39 is 10.1 Å². The first-order valence-corrected chi connectivity index (χ1v) is 4.96. The van der Waals surface area contributed by atoms with Gasteiger partial charge < -0.3 is 11.5 Å². The summed E-state index contributed by atoms with van der Waals surface area (Å²) in [4.78, 5) is -0.348. The number of allylic oxidation sites excluding steroid dienone is 3. The van der Waals surface area contributed by atoms with Crippen molar-refractivity contribution >= 4 is 10.1 Å². The maximum Gasteiger partial charge on any atom is 0.296 e. The van der Waals surface area contributed by atoms with Crippen molar-refractivity contribution in [3.8, 4) is 0 Å². The first-order chi connectivity index (χ1) is 5.91. The third-order valence-corrected chi connectivity index (χ3v) is 2.46. The first-order valence-electron chi connectivity index (χ1n) is 3.52. The Kier molecular flexibility index (Phi) is 2.44. The molecule has 0 aromatic rings. The van der Waals surface area contributed by atoms with Gasteiger partial charge in [0.15, 0.2) is 0 Å². The van der Waals surface area contributed by atoms with E-state index in [2.05, 4.69) is 0 Å². The van der Waals surface area contributed by atoms with Gasteiger partial charge in [-0.05, 0) is 12.5 Å². The van der Waals surface area contributed by atoms with E-state index in [1.165, 1.54) is 6.08 Å². The topological polar surface area (TPSA) is 106 Å². The van der Waals surface area contributed by atoms with Gasteiger partial charge in [0.2, 0.25) is 0 Å². The largest absolute Gasteiger partial charge is 0.399 e. The van der Waals surface area contributed by atoms with E-state index in [0.717, 1.165) is 6.08 Å². The molecule has 72 valence electrons. The maximum atomic E-state index is 10.8. The van der Waals surface area contributed by atoms with Crippen LogP contribution in [0.15, 0.2) is 34.5 Å². The quantitative estimate of drug-likeness (QED) is 0.512. The second kappa shape index (κ2) is 3.23. The number of nitrogens with two attached hydrogens (primary N) is 2. The van der Waals surface area contributed by atoms with Gasteiger partial charge in [0.25, 0.3) is 10.1 Å². The lowest BCUT2D eigenvalue weighted by Gasteiger charge is -2.02. The summed E-state index contributed by atoms with van der Waals surface area (Å²) >= 11 is 0.